The van der Waals surface area contributed by atoms with Gasteiger partial charge in [0.1, 0.15) is 11.4 Å². The number of hydrogen-bond acceptors (Lipinski definition) is 3. The Morgan fingerprint density at radius 1 is 1.19 bits per heavy atom. The molecule has 0 aliphatic rings. The largest absolute Gasteiger partial charge is 0.494 e. The van der Waals surface area contributed by atoms with Gasteiger partial charge in [0, 0.05) is 17.8 Å². The predicted octanol–water partition coefficient (Wildman–Crippen LogP) is 3.33. The fraction of sp³-hybridized carbons (Fsp3) is 0.471. The van der Waals surface area contributed by atoms with Crippen molar-refractivity contribution in [2.45, 2.75) is 39.7 Å². The maximum Gasteiger partial charge on any atom is 0.144 e. The Bertz CT molecular complexity index is 563. The van der Waals surface area contributed by atoms with Crippen molar-refractivity contribution in [1.82, 2.24) is 15.1 Å². The van der Waals surface area contributed by atoms with E-state index in [0.717, 1.165) is 43.8 Å². The van der Waals surface area contributed by atoms with Crippen LogP contribution in [-0.4, -0.2) is 23.4 Å². The van der Waals surface area contributed by atoms with Crippen LogP contribution in [0.3, 0.4) is 0 Å². The van der Waals surface area contributed by atoms with Crippen molar-refractivity contribution >= 4 is 0 Å². The highest BCUT2D eigenvalue weighted by atomic mass is 16.5. The van der Waals surface area contributed by atoms with Crippen molar-refractivity contribution < 1.29 is 4.74 Å². The molecule has 21 heavy (non-hydrogen) atoms. The van der Waals surface area contributed by atoms with Gasteiger partial charge in [0.05, 0.1) is 13.3 Å². The minimum atomic E-state index is 0.853. The zero-order chi connectivity index (χ0) is 15.1. The third kappa shape index (κ3) is 3.64. The summed E-state index contributed by atoms with van der Waals surface area (Å²) in [7, 11) is 1.70. The molecule has 4 nitrogen and oxygen atoms in total. The molecule has 0 unspecified atom stereocenters. The Morgan fingerprint density at radius 2 is 2.00 bits per heavy atom. The third-order valence-corrected chi connectivity index (χ3v) is 3.50. The fourth-order valence-corrected chi connectivity index (χ4v) is 2.47. The van der Waals surface area contributed by atoms with Crippen LogP contribution in [0.2, 0.25) is 0 Å². The summed E-state index contributed by atoms with van der Waals surface area (Å²) in [4.78, 5) is 0. The zero-order valence-corrected chi connectivity index (χ0v) is 13.2. The number of nitrogens with zero attached hydrogens (tertiary/aromatic N) is 2. The highest BCUT2D eigenvalue weighted by Crippen LogP contribution is 2.25. The Kier molecular flexibility index (Phi) is 5.81. The van der Waals surface area contributed by atoms with Crippen LogP contribution in [0.1, 0.15) is 37.9 Å². The second-order valence-electron chi connectivity index (χ2n) is 5.13. The molecular formula is C17H25N3O. The monoisotopic (exact) mass is 287 g/mol. The zero-order valence-electron chi connectivity index (χ0n) is 13.2. The summed E-state index contributed by atoms with van der Waals surface area (Å²) in [6.07, 6.45) is 5.23. The quantitative estimate of drug-likeness (QED) is 0.757. The standard InChI is InChI=1S/C17H25N3O/c1-4-8-15-14(12-18-11-5-2)13-19-20(15)16-9-6-7-10-17(16)21-3/h6-7,9-10,13,18H,4-5,8,11-12H2,1-3H3. The normalized spacial score (nSPS) is 10.8. The molecular weight excluding hydrogens is 262 g/mol. The topological polar surface area (TPSA) is 39.1 Å². The number of methoxy groups -OCH3 is 1. The summed E-state index contributed by atoms with van der Waals surface area (Å²) >= 11 is 0. The van der Waals surface area contributed by atoms with E-state index < -0.39 is 0 Å². The van der Waals surface area contributed by atoms with Crippen molar-refractivity contribution in [2.75, 3.05) is 13.7 Å². The molecule has 0 amide bonds. The fourth-order valence-electron chi connectivity index (χ4n) is 2.47. The van der Waals surface area contributed by atoms with Gasteiger partial charge in [-0.25, -0.2) is 4.68 Å². The summed E-state index contributed by atoms with van der Waals surface area (Å²) in [5.74, 6) is 0.853. The molecule has 0 aliphatic carbocycles. The predicted molar refractivity (Wildman–Crippen MR) is 86.1 cm³/mol. The molecule has 2 rings (SSSR count). The first-order chi connectivity index (χ1) is 10.3. The highest BCUT2D eigenvalue weighted by molar-refractivity contribution is 5.47. The van der Waals surface area contributed by atoms with Crippen LogP contribution < -0.4 is 10.1 Å². The van der Waals surface area contributed by atoms with Crippen LogP contribution in [0, 0.1) is 0 Å². The van der Waals surface area contributed by atoms with Crippen molar-refractivity contribution in [1.29, 1.82) is 0 Å². The van der Waals surface area contributed by atoms with Crippen LogP contribution in [-0.2, 0) is 13.0 Å². The third-order valence-electron chi connectivity index (χ3n) is 3.50. The van der Waals surface area contributed by atoms with Crippen molar-refractivity contribution in [3.8, 4) is 11.4 Å². The van der Waals surface area contributed by atoms with E-state index in [0.29, 0.717) is 0 Å². The Labute approximate surface area is 127 Å². The Balaban J connectivity index is 2.34. The number of benzene rings is 1. The molecule has 2 aromatic rings. The van der Waals surface area contributed by atoms with Gasteiger partial charge in [0.25, 0.3) is 0 Å². The summed E-state index contributed by atoms with van der Waals surface area (Å²) in [5, 5.41) is 8.05. The van der Waals surface area contributed by atoms with Crippen molar-refractivity contribution in [3.63, 3.8) is 0 Å². The lowest BCUT2D eigenvalue weighted by atomic mass is 10.1. The number of aromatic nitrogens is 2. The number of para-hydroxylation sites is 2. The van der Waals surface area contributed by atoms with E-state index in [9.17, 15) is 0 Å². The molecule has 1 N–H and O–H groups in total. The van der Waals surface area contributed by atoms with Crippen LogP contribution in [0.5, 0.6) is 5.75 Å². The summed E-state index contributed by atoms with van der Waals surface area (Å²) in [5.41, 5.74) is 3.55. The molecule has 4 heteroatoms. The van der Waals surface area contributed by atoms with Gasteiger partial charge in [-0.15, -0.1) is 0 Å². The van der Waals surface area contributed by atoms with Crippen LogP contribution in [0.25, 0.3) is 5.69 Å². The summed E-state index contributed by atoms with van der Waals surface area (Å²) in [6, 6.07) is 8.02. The van der Waals surface area contributed by atoms with Gasteiger partial charge in [0.15, 0.2) is 0 Å². The first-order valence-electron chi connectivity index (χ1n) is 7.71. The smallest absolute Gasteiger partial charge is 0.144 e. The molecule has 0 radical (unpaired) electrons. The van der Waals surface area contributed by atoms with Gasteiger partial charge in [-0.05, 0) is 31.5 Å². The van der Waals surface area contributed by atoms with Gasteiger partial charge >= 0.3 is 0 Å². The molecule has 0 atom stereocenters. The second kappa shape index (κ2) is 7.84. The van der Waals surface area contributed by atoms with E-state index in [1.807, 2.05) is 35.1 Å². The molecule has 0 saturated heterocycles. The van der Waals surface area contributed by atoms with Gasteiger partial charge in [-0.2, -0.15) is 5.10 Å². The highest BCUT2D eigenvalue weighted by Gasteiger charge is 2.14. The molecule has 0 saturated carbocycles. The lowest BCUT2D eigenvalue weighted by molar-refractivity contribution is 0.411. The van der Waals surface area contributed by atoms with Crippen LogP contribution in [0.4, 0.5) is 0 Å². The first kappa shape index (κ1) is 15.6. The lowest BCUT2D eigenvalue weighted by Crippen LogP contribution is -2.15. The molecule has 0 bridgehead atoms. The van der Waals surface area contributed by atoms with Crippen LogP contribution >= 0.6 is 0 Å². The molecule has 0 spiro atoms. The molecule has 114 valence electrons. The molecule has 1 aromatic heterocycles. The number of ether oxygens (including phenoxy) is 1. The van der Waals surface area contributed by atoms with Gasteiger partial charge in [-0.3, -0.25) is 0 Å². The average molecular weight is 287 g/mol. The number of rotatable bonds is 8. The van der Waals surface area contributed by atoms with Crippen molar-refractivity contribution in [3.05, 3.63) is 41.7 Å². The maximum absolute atomic E-state index is 5.46. The second-order valence-corrected chi connectivity index (χ2v) is 5.13. The Morgan fingerprint density at radius 3 is 2.71 bits per heavy atom. The first-order valence-corrected chi connectivity index (χ1v) is 7.71. The van der Waals surface area contributed by atoms with E-state index in [1.54, 1.807) is 7.11 Å². The van der Waals surface area contributed by atoms with E-state index in [1.165, 1.54) is 11.3 Å². The van der Waals surface area contributed by atoms with Gasteiger partial charge in [0.2, 0.25) is 0 Å². The van der Waals surface area contributed by atoms with Gasteiger partial charge < -0.3 is 10.1 Å². The minimum absolute atomic E-state index is 0.853. The maximum atomic E-state index is 5.46. The SMILES string of the molecule is CCCNCc1cnn(-c2ccccc2OC)c1CCC. The number of nitrogens with one attached hydrogen (secondary N) is 1. The average Bonchev–Trinajstić information content (AvgIpc) is 2.91. The molecule has 0 fully saturated rings. The molecule has 1 aromatic carbocycles. The number of hydrogen-bond donors (Lipinski definition) is 1. The molecule has 1 heterocycles. The van der Waals surface area contributed by atoms with Crippen molar-refractivity contribution in [2.24, 2.45) is 0 Å². The Hall–Kier alpha value is -1.81. The molecule has 0 aliphatic heterocycles. The minimum Gasteiger partial charge on any atom is -0.494 e. The van der Waals surface area contributed by atoms with Gasteiger partial charge in [-0.1, -0.05) is 32.4 Å². The van der Waals surface area contributed by atoms with E-state index in [2.05, 4.69) is 24.3 Å². The lowest BCUT2D eigenvalue weighted by Gasteiger charge is -2.12. The van der Waals surface area contributed by atoms with E-state index in [4.69, 9.17) is 4.74 Å². The summed E-state index contributed by atoms with van der Waals surface area (Å²) in [6.45, 7) is 6.28. The van der Waals surface area contributed by atoms with E-state index >= 15 is 0 Å². The van der Waals surface area contributed by atoms with E-state index in [-0.39, 0.29) is 0 Å². The summed E-state index contributed by atoms with van der Waals surface area (Å²) < 4.78 is 7.48. The van der Waals surface area contributed by atoms with Crippen LogP contribution in [0.15, 0.2) is 30.5 Å².